The predicted octanol–water partition coefficient (Wildman–Crippen LogP) is 5.33. The second kappa shape index (κ2) is 12.3. The van der Waals surface area contributed by atoms with Gasteiger partial charge in [-0.1, -0.05) is 0 Å². The minimum atomic E-state index is -2.89. The van der Waals surface area contributed by atoms with E-state index in [0.717, 1.165) is 0 Å². The van der Waals surface area contributed by atoms with Crippen LogP contribution in [0.15, 0.2) is 182 Å². The first-order valence-electron chi connectivity index (χ1n) is 13.9. The molecule has 0 unspecified atom stereocenters. The molecule has 0 saturated heterocycles. The molecule has 0 aliphatic heterocycles. The van der Waals surface area contributed by atoms with Crippen LogP contribution in [-0.2, 0) is 0 Å². The molecule has 0 aliphatic rings. The Hall–Kier alpha value is -3.56. The summed E-state index contributed by atoms with van der Waals surface area (Å²) in [7, 11) is 0. The van der Waals surface area contributed by atoms with Gasteiger partial charge in [-0.2, -0.15) is 0 Å². The van der Waals surface area contributed by atoms with Crippen molar-refractivity contribution < 1.29 is 0 Å². The number of hydrogen-bond donors (Lipinski definition) is 0. The first kappa shape index (κ1) is 26.6. The first-order chi connectivity index (χ1) is 19.8. The molecule has 0 amide bonds. The van der Waals surface area contributed by atoms with Gasteiger partial charge < -0.3 is 0 Å². The van der Waals surface area contributed by atoms with Crippen molar-refractivity contribution in [3.63, 3.8) is 0 Å². The Labute approximate surface area is 244 Å². The van der Waals surface area contributed by atoms with Crippen molar-refractivity contribution in [3.8, 4) is 0 Å². The van der Waals surface area contributed by atoms with Crippen LogP contribution >= 0.6 is 0 Å². The standard InChI is InChI=1S/C38H34As2/c1-7-19-33(20-8-1)39(34-21-9-2-10-22-34,35-23-11-3-12-24-35)31-32-40(36-25-13-4-14-26-36,37-27-15-5-16-28-37)38-29-17-6-18-30-38/h1-30H,31-32H2/q+2. The Bertz CT molecular complexity index is 1280. The van der Waals surface area contributed by atoms with Gasteiger partial charge in [-0.15, -0.1) is 0 Å². The fourth-order valence-electron chi connectivity index (χ4n) is 6.06. The number of rotatable bonds is 9. The Morgan fingerprint density at radius 3 is 0.525 bits per heavy atom. The molecule has 0 aliphatic carbocycles. The zero-order valence-electron chi connectivity index (χ0n) is 22.6. The zero-order chi connectivity index (χ0) is 27.1. The van der Waals surface area contributed by atoms with Gasteiger partial charge in [0.15, 0.2) is 0 Å². The molecule has 0 fully saturated rings. The molecule has 0 heterocycles. The monoisotopic (exact) mass is 640 g/mol. The molecule has 0 nitrogen and oxygen atoms in total. The molecular weight excluding hydrogens is 606 g/mol. The van der Waals surface area contributed by atoms with E-state index < -0.39 is 27.1 Å². The average Bonchev–Trinajstić information content (AvgIpc) is 3.06. The fraction of sp³-hybridized carbons (Fsp3) is 0.0526. The van der Waals surface area contributed by atoms with Gasteiger partial charge in [-0.25, -0.2) is 0 Å². The van der Waals surface area contributed by atoms with Gasteiger partial charge in [0.05, 0.1) is 0 Å². The van der Waals surface area contributed by atoms with E-state index in [9.17, 15) is 0 Å². The molecule has 0 N–H and O–H groups in total. The summed E-state index contributed by atoms with van der Waals surface area (Å²) in [6.45, 7) is 0. The van der Waals surface area contributed by atoms with E-state index >= 15 is 0 Å². The van der Waals surface area contributed by atoms with Gasteiger partial charge >= 0.3 is 246 Å². The molecular formula is C38H34As2+2. The summed E-state index contributed by atoms with van der Waals surface area (Å²) in [5, 5.41) is 2.34. The van der Waals surface area contributed by atoms with Crippen LogP contribution in [0.1, 0.15) is 0 Å². The summed E-state index contributed by atoms with van der Waals surface area (Å²) in [5.41, 5.74) is 0. The van der Waals surface area contributed by atoms with Crippen LogP contribution in [-0.4, -0.2) is 27.1 Å². The Morgan fingerprint density at radius 1 is 0.225 bits per heavy atom. The quantitative estimate of drug-likeness (QED) is 0.188. The summed E-state index contributed by atoms with van der Waals surface area (Å²) in [5.74, 6) is 0. The van der Waals surface area contributed by atoms with Crippen LogP contribution in [0.25, 0.3) is 0 Å². The molecule has 0 saturated carbocycles. The summed E-state index contributed by atoms with van der Waals surface area (Å²) < 4.78 is 9.09. The van der Waals surface area contributed by atoms with Crippen LogP contribution in [0.5, 0.6) is 0 Å². The zero-order valence-corrected chi connectivity index (χ0v) is 26.4. The second-order valence-corrected chi connectivity index (χ2v) is 25.3. The Balaban J connectivity index is 1.62. The predicted molar refractivity (Wildman–Crippen MR) is 178 cm³/mol. The van der Waals surface area contributed by atoms with Gasteiger partial charge in [-0.3, -0.25) is 0 Å². The first-order valence-corrected chi connectivity index (χ1v) is 22.2. The molecule has 0 bridgehead atoms. The fourth-order valence-corrected chi connectivity index (χ4v) is 29.4. The van der Waals surface area contributed by atoms with E-state index in [4.69, 9.17) is 0 Å². The molecule has 0 spiro atoms. The Kier molecular flexibility index (Phi) is 8.20. The van der Waals surface area contributed by atoms with Crippen molar-refractivity contribution in [1.82, 2.24) is 0 Å². The van der Waals surface area contributed by atoms with E-state index in [1.54, 1.807) is 0 Å². The van der Waals surface area contributed by atoms with E-state index in [1.165, 1.54) is 36.5 Å². The summed E-state index contributed by atoms with van der Waals surface area (Å²) in [6.07, 6.45) is 0. The van der Waals surface area contributed by atoms with Crippen molar-refractivity contribution in [2.45, 2.75) is 10.4 Å². The Morgan fingerprint density at radius 2 is 0.375 bits per heavy atom. The van der Waals surface area contributed by atoms with E-state index in [-0.39, 0.29) is 0 Å². The molecule has 0 atom stereocenters. The van der Waals surface area contributed by atoms with E-state index in [0.29, 0.717) is 0 Å². The van der Waals surface area contributed by atoms with Gasteiger partial charge in [0.25, 0.3) is 0 Å². The molecule has 6 aromatic carbocycles. The number of hydrogen-bond acceptors (Lipinski definition) is 0. The second-order valence-electron chi connectivity index (χ2n) is 10.1. The average molecular weight is 641 g/mol. The third-order valence-electron chi connectivity index (χ3n) is 7.95. The van der Waals surface area contributed by atoms with Crippen LogP contribution in [0, 0.1) is 0 Å². The third kappa shape index (κ3) is 5.04. The molecule has 40 heavy (non-hydrogen) atoms. The van der Waals surface area contributed by atoms with Crippen LogP contribution in [0.3, 0.4) is 0 Å². The van der Waals surface area contributed by atoms with Crippen molar-refractivity contribution >= 4 is 53.2 Å². The van der Waals surface area contributed by atoms with Crippen molar-refractivity contribution in [1.29, 1.82) is 0 Å². The maximum absolute atomic E-state index is 2.89. The molecule has 2 heteroatoms. The van der Waals surface area contributed by atoms with Gasteiger partial charge in [0, 0.05) is 0 Å². The molecule has 6 aromatic rings. The molecule has 0 aromatic heterocycles. The van der Waals surface area contributed by atoms with Crippen LogP contribution < -0.4 is 26.1 Å². The van der Waals surface area contributed by atoms with Gasteiger partial charge in [0.2, 0.25) is 0 Å². The normalized spacial score (nSPS) is 11.7. The minimum absolute atomic E-state index is 1.17. The van der Waals surface area contributed by atoms with Crippen molar-refractivity contribution in [2.75, 3.05) is 0 Å². The maximum atomic E-state index is 2.40. The van der Waals surface area contributed by atoms with Crippen molar-refractivity contribution in [2.24, 2.45) is 0 Å². The van der Waals surface area contributed by atoms with Crippen LogP contribution in [0.2, 0.25) is 10.4 Å². The third-order valence-corrected chi connectivity index (χ3v) is 28.2. The van der Waals surface area contributed by atoms with E-state index in [2.05, 4.69) is 182 Å². The summed E-state index contributed by atoms with van der Waals surface area (Å²) in [6, 6.07) is 68.5. The van der Waals surface area contributed by atoms with Crippen molar-refractivity contribution in [3.05, 3.63) is 182 Å². The van der Waals surface area contributed by atoms with Crippen LogP contribution in [0.4, 0.5) is 0 Å². The van der Waals surface area contributed by atoms with Gasteiger partial charge in [0.1, 0.15) is 0 Å². The molecule has 194 valence electrons. The summed E-state index contributed by atoms with van der Waals surface area (Å²) in [4.78, 5) is 0. The van der Waals surface area contributed by atoms with E-state index in [1.807, 2.05) is 0 Å². The molecule has 0 radical (unpaired) electrons. The SMILES string of the molecule is c1ccc([As+](CC[As+](c2ccccc2)(c2ccccc2)c2ccccc2)(c2ccccc2)c2ccccc2)cc1. The summed E-state index contributed by atoms with van der Waals surface area (Å²) >= 11 is -5.78. The number of benzene rings is 6. The van der Waals surface area contributed by atoms with Gasteiger partial charge in [-0.05, 0) is 0 Å². The molecule has 6 rings (SSSR count). The topological polar surface area (TPSA) is 0 Å².